The highest BCUT2D eigenvalue weighted by Gasteiger charge is 2.38. The van der Waals surface area contributed by atoms with E-state index < -0.39 is 26.5 Å². The second-order valence-electron chi connectivity index (χ2n) is 2.75. The summed E-state index contributed by atoms with van der Waals surface area (Å²) >= 11 is 8.47. The lowest BCUT2D eigenvalue weighted by molar-refractivity contribution is 0.479. The fourth-order valence-electron chi connectivity index (χ4n) is 0.833. The minimum Gasteiger partial charge on any atom is -0.281 e. The van der Waals surface area contributed by atoms with Crippen LogP contribution in [0.2, 0.25) is 0 Å². The number of rotatable bonds is 2. The lowest BCUT2D eigenvalue weighted by Gasteiger charge is -2.13. The summed E-state index contributed by atoms with van der Waals surface area (Å²) in [6.45, 7) is 0. The molecule has 1 rings (SSSR count). The molecular formula is C6H4Br3NO5S2. The Morgan fingerprint density at radius 3 is 2.12 bits per heavy atom. The van der Waals surface area contributed by atoms with Crippen LogP contribution in [-0.2, 0) is 20.0 Å². The SMILES string of the molecule is O=S(=O)(O)c1cc(S(=O)(=O)C(Br)(Br)Br)ccn1. The average Bonchev–Trinajstić information content (AvgIpc) is 2.15. The molecule has 1 aromatic rings. The highest BCUT2D eigenvalue weighted by Crippen LogP contribution is 2.43. The van der Waals surface area contributed by atoms with E-state index in [0.717, 1.165) is 18.3 Å². The highest BCUT2D eigenvalue weighted by atomic mass is 80.0. The van der Waals surface area contributed by atoms with E-state index in [9.17, 15) is 16.8 Å². The molecule has 0 radical (unpaired) electrons. The Hall–Kier alpha value is 0.450. The number of aromatic nitrogens is 1. The molecule has 0 aliphatic heterocycles. The van der Waals surface area contributed by atoms with Crippen molar-refractivity contribution in [2.24, 2.45) is 0 Å². The first kappa shape index (κ1) is 15.5. The number of pyridine rings is 1. The van der Waals surface area contributed by atoms with E-state index in [4.69, 9.17) is 4.55 Å². The van der Waals surface area contributed by atoms with Crippen LogP contribution >= 0.6 is 47.8 Å². The van der Waals surface area contributed by atoms with Crippen LogP contribution < -0.4 is 0 Å². The van der Waals surface area contributed by atoms with Gasteiger partial charge in [0, 0.05) is 6.20 Å². The van der Waals surface area contributed by atoms with Crippen molar-refractivity contribution in [1.82, 2.24) is 4.98 Å². The molecule has 0 bridgehead atoms. The van der Waals surface area contributed by atoms with Crippen molar-refractivity contribution in [1.29, 1.82) is 0 Å². The molecule has 0 unspecified atom stereocenters. The Balaban J connectivity index is 3.47. The molecule has 0 aliphatic rings. The van der Waals surface area contributed by atoms with Crippen molar-refractivity contribution in [2.75, 3.05) is 0 Å². The van der Waals surface area contributed by atoms with E-state index in [2.05, 4.69) is 52.8 Å². The molecule has 96 valence electrons. The van der Waals surface area contributed by atoms with Crippen LogP contribution in [0, 0.1) is 0 Å². The van der Waals surface area contributed by atoms with E-state index in [1.807, 2.05) is 0 Å². The lowest BCUT2D eigenvalue weighted by Crippen LogP contribution is -2.18. The maximum Gasteiger partial charge on any atom is 0.312 e. The molecule has 17 heavy (non-hydrogen) atoms. The molecule has 1 aromatic heterocycles. The molecule has 1 heterocycles. The number of hydrogen-bond donors (Lipinski definition) is 1. The van der Waals surface area contributed by atoms with Gasteiger partial charge in [-0.1, -0.05) is 0 Å². The molecule has 11 heteroatoms. The maximum absolute atomic E-state index is 11.9. The van der Waals surface area contributed by atoms with Crippen molar-refractivity contribution in [2.45, 2.75) is 11.4 Å². The van der Waals surface area contributed by atoms with Gasteiger partial charge >= 0.3 is 10.1 Å². The van der Waals surface area contributed by atoms with Crippen LogP contribution in [0.4, 0.5) is 0 Å². The summed E-state index contributed by atoms with van der Waals surface area (Å²) < 4.78 is 52.6. The highest BCUT2D eigenvalue weighted by molar-refractivity contribution is 9.42. The molecular weight excluding hydrogens is 470 g/mol. The van der Waals surface area contributed by atoms with Crippen molar-refractivity contribution in [3.05, 3.63) is 18.3 Å². The average molecular weight is 474 g/mol. The molecule has 0 aliphatic carbocycles. The van der Waals surface area contributed by atoms with Crippen LogP contribution in [-0.4, -0.2) is 27.8 Å². The summed E-state index contributed by atoms with van der Waals surface area (Å²) in [4.78, 5) is 3.03. The molecule has 0 saturated heterocycles. The Morgan fingerprint density at radius 1 is 1.18 bits per heavy atom. The third-order valence-corrected chi connectivity index (χ3v) is 7.66. The van der Waals surface area contributed by atoms with E-state index >= 15 is 0 Å². The van der Waals surface area contributed by atoms with Crippen molar-refractivity contribution >= 4 is 67.7 Å². The maximum atomic E-state index is 11.9. The standard InChI is InChI=1S/C6H4Br3NO5S2/c7-6(8,9)16(11,12)4-1-2-10-5(3-4)17(13,14)15/h1-3H,(H,13,14,15). The van der Waals surface area contributed by atoms with Gasteiger partial charge in [0.05, 0.1) is 4.90 Å². The van der Waals surface area contributed by atoms with Gasteiger partial charge in [-0.25, -0.2) is 13.4 Å². The second kappa shape index (κ2) is 4.85. The normalized spacial score (nSPS) is 13.6. The number of hydrogen-bond acceptors (Lipinski definition) is 5. The van der Waals surface area contributed by atoms with Gasteiger partial charge in [-0.2, -0.15) is 8.42 Å². The first-order chi connectivity index (χ1) is 7.46. The number of alkyl halides is 3. The molecule has 0 aromatic carbocycles. The summed E-state index contributed by atoms with van der Waals surface area (Å²) in [6.07, 6.45) is 0.967. The zero-order valence-electron chi connectivity index (χ0n) is 7.71. The van der Waals surface area contributed by atoms with Gasteiger partial charge in [-0.15, -0.1) is 0 Å². The smallest absolute Gasteiger partial charge is 0.281 e. The predicted molar refractivity (Wildman–Crippen MR) is 70.7 cm³/mol. The minimum atomic E-state index is -4.55. The summed E-state index contributed by atoms with van der Waals surface area (Å²) in [5, 5.41) is -0.740. The topological polar surface area (TPSA) is 101 Å². The third-order valence-electron chi connectivity index (χ3n) is 1.59. The monoisotopic (exact) mass is 471 g/mol. The number of halogens is 3. The molecule has 1 N–H and O–H groups in total. The van der Waals surface area contributed by atoms with Crippen LogP contribution in [0.5, 0.6) is 0 Å². The van der Waals surface area contributed by atoms with Crippen LogP contribution in [0.25, 0.3) is 0 Å². The molecule has 0 amide bonds. The molecule has 0 saturated carbocycles. The first-order valence-corrected chi connectivity index (χ1v) is 9.01. The minimum absolute atomic E-state index is 0.328. The van der Waals surface area contributed by atoms with Crippen LogP contribution in [0.1, 0.15) is 0 Å². The molecule has 0 fully saturated rings. The van der Waals surface area contributed by atoms with Gasteiger partial charge < -0.3 is 0 Å². The fourth-order valence-corrected chi connectivity index (χ4v) is 3.83. The van der Waals surface area contributed by atoms with E-state index in [1.165, 1.54) is 0 Å². The van der Waals surface area contributed by atoms with Crippen LogP contribution in [0.3, 0.4) is 0 Å². The Morgan fingerprint density at radius 2 is 1.71 bits per heavy atom. The largest absolute Gasteiger partial charge is 0.312 e. The number of sulfone groups is 1. The third kappa shape index (κ3) is 3.47. The first-order valence-electron chi connectivity index (χ1n) is 3.71. The van der Waals surface area contributed by atoms with Crippen molar-refractivity contribution in [3.63, 3.8) is 0 Å². The van der Waals surface area contributed by atoms with Gasteiger partial charge in [0.15, 0.2) is 5.03 Å². The van der Waals surface area contributed by atoms with Crippen molar-refractivity contribution < 1.29 is 21.4 Å². The summed E-state index contributed by atoms with van der Waals surface area (Å²) in [5.74, 6) is 0. The van der Waals surface area contributed by atoms with Crippen molar-refractivity contribution in [3.8, 4) is 0 Å². The van der Waals surface area contributed by atoms with Gasteiger partial charge in [0.1, 0.15) is 0 Å². The van der Waals surface area contributed by atoms with Gasteiger partial charge in [0.2, 0.25) is 11.3 Å². The zero-order chi connectivity index (χ0) is 13.5. The van der Waals surface area contributed by atoms with Gasteiger partial charge in [-0.05, 0) is 59.9 Å². The van der Waals surface area contributed by atoms with E-state index in [0.29, 0.717) is 0 Å². The fraction of sp³-hybridized carbons (Fsp3) is 0.167. The number of nitrogens with zero attached hydrogens (tertiary/aromatic N) is 1. The lowest BCUT2D eigenvalue weighted by atomic mass is 10.5. The van der Waals surface area contributed by atoms with E-state index in [-0.39, 0.29) is 4.90 Å². The Kier molecular flexibility index (Phi) is 4.43. The summed E-state index contributed by atoms with van der Waals surface area (Å²) in [5.41, 5.74) is 0. The Labute approximate surface area is 123 Å². The summed E-state index contributed by atoms with van der Waals surface area (Å²) in [6, 6.07) is 1.85. The van der Waals surface area contributed by atoms with Gasteiger partial charge in [0.25, 0.3) is 0 Å². The molecule has 0 spiro atoms. The Bertz CT molecular complexity index is 634. The molecule has 0 atom stereocenters. The van der Waals surface area contributed by atoms with E-state index in [1.54, 1.807) is 0 Å². The molecule has 6 nitrogen and oxygen atoms in total. The summed E-state index contributed by atoms with van der Waals surface area (Å²) in [7, 11) is -8.48. The quantitative estimate of drug-likeness (QED) is 0.520. The van der Waals surface area contributed by atoms with Crippen LogP contribution in [0.15, 0.2) is 28.3 Å². The predicted octanol–water partition coefficient (Wildman–Crippen LogP) is 1.90. The zero-order valence-corrected chi connectivity index (χ0v) is 14.1. The second-order valence-corrected chi connectivity index (χ2v) is 14.5. The van der Waals surface area contributed by atoms with Gasteiger partial charge in [-0.3, -0.25) is 4.55 Å².